The predicted molar refractivity (Wildman–Crippen MR) is 109 cm³/mol. The molecule has 132 valence electrons. The molecule has 0 fully saturated rings. The molecule has 1 heteroatoms. The monoisotopic (exact) mass is 325 g/mol. The Morgan fingerprint density at radius 1 is 0.875 bits per heavy atom. The maximum atomic E-state index is 5.93. The van der Waals surface area contributed by atoms with Crippen molar-refractivity contribution in [2.24, 2.45) is 0 Å². The van der Waals surface area contributed by atoms with E-state index >= 15 is 0 Å². The summed E-state index contributed by atoms with van der Waals surface area (Å²) in [4.78, 5) is 0. The lowest BCUT2D eigenvalue weighted by Crippen LogP contribution is -2.04. The third-order valence-electron chi connectivity index (χ3n) is 4.38. The molecule has 2 N–H and O–H groups in total. The van der Waals surface area contributed by atoms with E-state index in [0.29, 0.717) is 5.92 Å². The molecule has 0 aromatic heterocycles. The van der Waals surface area contributed by atoms with Crippen LogP contribution in [0.5, 0.6) is 0 Å². The predicted octanol–water partition coefficient (Wildman–Crippen LogP) is 6.68. The lowest BCUT2D eigenvalue weighted by atomic mass is 9.88. The van der Waals surface area contributed by atoms with E-state index in [0.717, 1.165) is 24.9 Å². The number of benzene rings is 2. The van der Waals surface area contributed by atoms with Crippen molar-refractivity contribution in [3.05, 3.63) is 64.7 Å². The van der Waals surface area contributed by atoms with Crippen LogP contribution in [0.1, 0.15) is 75.1 Å². The van der Waals surface area contributed by atoms with Gasteiger partial charge in [0.15, 0.2) is 0 Å². The molecule has 1 nitrogen and oxygen atoms in total. The summed E-state index contributed by atoms with van der Waals surface area (Å²) in [5.74, 6) is 0.528. The van der Waals surface area contributed by atoms with Gasteiger partial charge in [-0.15, -0.1) is 0 Å². The smallest absolute Gasteiger partial charge is 0.0316 e. The third-order valence-corrected chi connectivity index (χ3v) is 4.38. The quantitative estimate of drug-likeness (QED) is 0.589. The van der Waals surface area contributed by atoms with E-state index in [1.54, 1.807) is 0 Å². The minimum Gasteiger partial charge on any atom is -0.399 e. The molecule has 0 bridgehead atoms. The largest absolute Gasteiger partial charge is 0.399 e. The number of nitrogens with two attached hydrogens (primary N) is 1. The molecule has 1 unspecified atom stereocenters. The minimum atomic E-state index is 0.528. The van der Waals surface area contributed by atoms with E-state index in [-0.39, 0.29) is 0 Å². The van der Waals surface area contributed by atoms with Crippen LogP contribution in [0.15, 0.2) is 42.5 Å². The fourth-order valence-electron chi connectivity index (χ4n) is 2.78. The number of rotatable bonds is 6. The Morgan fingerprint density at radius 2 is 1.50 bits per heavy atom. The van der Waals surface area contributed by atoms with Gasteiger partial charge in [0.25, 0.3) is 0 Å². The summed E-state index contributed by atoms with van der Waals surface area (Å²) in [5.41, 5.74) is 12.4. The molecule has 0 aliphatic rings. The second kappa shape index (κ2) is 10.9. The number of hydrogen-bond acceptors (Lipinski definition) is 1. The summed E-state index contributed by atoms with van der Waals surface area (Å²) in [7, 11) is 0. The Kier molecular flexibility index (Phi) is 9.22. The van der Waals surface area contributed by atoms with Crippen LogP contribution in [-0.2, 0) is 12.8 Å². The SMILES string of the molecule is CCCC.CCCc1cc(N)ccc1C(C)Cc1ccc(C)cc1. The van der Waals surface area contributed by atoms with Crippen molar-refractivity contribution in [1.29, 1.82) is 0 Å². The molecule has 0 radical (unpaired) electrons. The molecule has 2 rings (SSSR count). The Labute approximate surface area is 149 Å². The summed E-state index contributed by atoms with van der Waals surface area (Å²) < 4.78 is 0. The Bertz CT molecular complexity index is 581. The van der Waals surface area contributed by atoms with E-state index in [9.17, 15) is 0 Å². The average Bonchev–Trinajstić information content (AvgIpc) is 2.57. The van der Waals surface area contributed by atoms with Crippen molar-refractivity contribution in [2.75, 3.05) is 5.73 Å². The topological polar surface area (TPSA) is 26.0 Å². The van der Waals surface area contributed by atoms with E-state index in [1.165, 1.54) is 35.1 Å². The second-order valence-corrected chi connectivity index (χ2v) is 6.80. The standard InChI is InChI=1S/C19H25N.C4H10/c1-4-5-17-13-18(20)10-11-19(17)15(3)12-16-8-6-14(2)7-9-16;1-3-4-2/h6-11,13,15H,4-5,12,20H2,1-3H3;3-4H2,1-2H3. The van der Waals surface area contributed by atoms with Crippen LogP contribution in [0.3, 0.4) is 0 Å². The summed E-state index contributed by atoms with van der Waals surface area (Å²) in [6.45, 7) is 11.0. The van der Waals surface area contributed by atoms with Gasteiger partial charge in [-0.1, -0.05) is 82.9 Å². The van der Waals surface area contributed by atoms with Crippen LogP contribution in [-0.4, -0.2) is 0 Å². The summed E-state index contributed by atoms with van der Waals surface area (Å²) in [6, 6.07) is 15.2. The van der Waals surface area contributed by atoms with Gasteiger partial charge in [-0.25, -0.2) is 0 Å². The second-order valence-electron chi connectivity index (χ2n) is 6.80. The first-order valence-corrected chi connectivity index (χ1v) is 9.45. The number of hydrogen-bond donors (Lipinski definition) is 1. The highest BCUT2D eigenvalue weighted by Gasteiger charge is 2.11. The summed E-state index contributed by atoms with van der Waals surface area (Å²) in [5, 5.41) is 0. The first-order valence-electron chi connectivity index (χ1n) is 9.45. The van der Waals surface area contributed by atoms with Crippen LogP contribution in [0, 0.1) is 6.92 Å². The molecular weight excluding hydrogens is 290 g/mol. The van der Waals surface area contributed by atoms with Gasteiger partial charge < -0.3 is 5.73 Å². The third kappa shape index (κ3) is 6.78. The lowest BCUT2D eigenvalue weighted by molar-refractivity contribution is 0.740. The molecule has 0 amide bonds. The normalized spacial score (nSPS) is 11.5. The fourth-order valence-corrected chi connectivity index (χ4v) is 2.78. The Morgan fingerprint density at radius 3 is 2.04 bits per heavy atom. The van der Waals surface area contributed by atoms with E-state index in [2.05, 4.69) is 71.0 Å². The van der Waals surface area contributed by atoms with Gasteiger partial charge in [0.1, 0.15) is 0 Å². The van der Waals surface area contributed by atoms with Crippen molar-refractivity contribution < 1.29 is 0 Å². The average molecular weight is 326 g/mol. The van der Waals surface area contributed by atoms with Gasteiger partial charge in [0.05, 0.1) is 0 Å². The summed E-state index contributed by atoms with van der Waals surface area (Å²) in [6.07, 6.45) is 5.99. The van der Waals surface area contributed by atoms with Crippen LogP contribution < -0.4 is 5.73 Å². The van der Waals surface area contributed by atoms with Gasteiger partial charge in [0, 0.05) is 5.69 Å². The van der Waals surface area contributed by atoms with Gasteiger partial charge >= 0.3 is 0 Å². The number of unbranched alkanes of at least 4 members (excludes halogenated alkanes) is 1. The number of anilines is 1. The van der Waals surface area contributed by atoms with Gasteiger partial charge in [0.2, 0.25) is 0 Å². The highest BCUT2D eigenvalue weighted by Crippen LogP contribution is 2.26. The molecular formula is C23H35N. The summed E-state index contributed by atoms with van der Waals surface area (Å²) >= 11 is 0. The van der Waals surface area contributed by atoms with Gasteiger partial charge in [-0.2, -0.15) is 0 Å². The van der Waals surface area contributed by atoms with Gasteiger partial charge in [-0.05, 0) is 54.5 Å². The zero-order chi connectivity index (χ0) is 17.9. The molecule has 0 saturated heterocycles. The molecule has 2 aromatic carbocycles. The van der Waals surface area contributed by atoms with E-state index in [4.69, 9.17) is 5.73 Å². The fraction of sp³-hybridized carbons (Fsp3) is 0.478. The zero-order valence-electron chi connectivity index (χ0n) is 16.2. The molecule has 0 saturated carbocycles. The van der Waals surface area contributed by atoms with Crippen LogP contribution in [0.4, 0.5) is 5.69 Å². The van der Waals surface area contributed by atoms with Crippen molar-refractivity contribution >= 4 is 5.69 Å². The maximum absolute atomic E-state index is 5.93. The molecule has 2 aromatic rings. The first-order chi connectivity index (χ1) is 11.5. The van der Waals surface area contributed by atoms with Crippen molar-refractivity contribution in [1.82, 2.24) is 0 Å². The maximum Gasteiger partial charge on any atom is 0.0316 e. The van der Waals surface area contributed by atoms with Crippen LogP contribution in [0.25, 0.3) is 0 Å². The van der Waals surface area contributed by atoms with Crippen molar-refractivity contribution in [3.8, 4) is 0 Å². The molecule has 0 spiro atoms. The number of aryl methyl sites for hydroxylation is 2. The van der Waals surface area contributed by atoms with Crippen molar-refractivity contribution in [3.63, 3.8) is 0 Å². The highest BCUT2D eigenvalue weighted by atomic mass is 14.5. The van der Waals surface area contributed by atoms with Gasteiger partial charge in [-0.3, -0.25) is 0 Å². The van der Waals surface area contributed by atoms with E-state index < -0.39 is 0 Å². The van der Waals surface area contributed by atoms with E-state index in [1.807, 2.05) is 6.07 Å². The molecule has 0 aliphatic heterocycles. The van der Waals surface area contributed by atoms with Crippen molar-refractivity contribution in [2.45, 2.75) is 72.6 Å². The Hall–Kier alpha value is -1.76. The molecule has 24 heavy (non-hydrogen) atoms. The van der Waals surface area contributed by atoms with Crippen LogP contribution >= 0.6 is 0 Å². The Balaban J connectivity index is 0.000000648. The molecule has 0 aliphatic carbocycles. The minimum absolute atomic E-state index is 0.528. The highest BCUT2D eigenvalue weighted by molar-refractivity contribution is 5.46. The molecule has 1 atom stereocenters. The lowest BCUT2D eigenvalue weighted by Gasteiger charge is -2.17. The van der Waals surface area contributed by atoms with Crippen LogP contribution in [0.2, 0.25) is 0 Å². The number of nitrogen functional groups attached to an aromatic ring is 1. The zero-order valence-corrected chi connectivity index (χ0v) is 16.2. The first kappa shape index (κ1) is 20.3. The molecule has 0 heterocycles.